The van der Waals surface area contributed by atoms with E-state index < -0.39 is 0 Å². The number of hydrogen-bond donors (Lipinski definition) is 2. The molecule has 2 aliphatic rings. The Morgan fingerprint density at radius 3 is 2.33 bits per heavy atom. The molecule has 4 amide bonds. The number of carbonyl (C=O) groups excluding carboxylic acids is 3. The Morgan fingerprint density at radius 2 is 1.70 bits per heavy atom. The number of hydrogen-bond acceptors (Lipinski definition) is 3. The lowest BCUT2D eigenvalue weighted by Crippen LogP contribution is -2.55. The molecule has 0 radical (unpaired) electrons. The fourth-order valence-electron chi connectivity index (χ4n) is 3.64. The van der Waals surface area contributed by atoms with Gasteiger partial charge in [0, 0.05) is 38.8 Å². The summed E-state index contributed by atoms with van der Waals surface area (Å²) in [7, 11) is 0. The predicted octanol–water partition coefficient (Wildman–Crippen LogP) is 1.27. The van der Waals surface area contributed by atoms with Crippen molar-refractivity contribution in [3.63, 3.8) is 0 Å². The smallest absolute Gasteiger partial charge is 0.319 e. The van der Waals surface area contributed by atoms with Gasteiger partial charge in [-0.15, -0.1) is 0 Å². The van der Waals surface area contributed by atoms with Crippen molar-refractivity contribution in [2.75, 3.05) is 26.2 Å². The number of aryl methyl sites for hydroxylation is 1. The van der Waals surface area contributed by atoms with E-state index >= 15 is 0 Å². The molecule has 1 saturated heterocycles. The van der Waals surface area contributed by atoms with Gasteiger partial charge in [-0.25, -0.2) is 4.79 Å². The summed E-state index contributed by atoms with van der Waals surface area (Å²) in [6.45, 7) is 5.42. The highest BCUT2D eigenvalue weighted by molar-refractivity contribution is 5.98. The molecule has 1 fully saturated rings. The van der Waals surface area contributed by atoms with Crippen molar-refractivity contribution in [1.29, 1.82) is 0 Å². The van der Waals surface area contributed by atoms with Gasteiger partial charge >= 0.3 is 6.03 Å². The molecule has 0 unspecified atom stereocenters. The average molecular weight is 370 g/mol. The van der Waals surface area contributed by atoms with E-state index in [1.54, 1.807) is 23.6 Å². The first-order valence-electron chi connectivity index (χ1n) is 9.32. The summed E-state index contributed by atoms with van der Waals surface area (Å²) < 4.78 is 0. The maximum atomic E-state index is 13.1. The third-order valence-corrected chi connectivity index (χ3v) is 5.17. The zero-order chi connectivity index (χ0) is 19.4. The molecule has 0 saturated carbocycles. The number of amides is 4. The lowest BCUT2D eigenvalue weighted by atomic mass is 9.95. The molecular formula is C20H26N4O3. The van der Waals surface area contributed by atoms with Gasteiger partial charge in [0.15, 0.2) is 0 Å². The molecular weight excluding hydrogens is 344 g/mol. The number of urea groups is 1. The molecule has 0 aliphatic carbocycles. The SMILES string of the molecule is CC(=O)N1CCN(C(=O)C2=C(C)NC(=O)N[C@H]2CCc2ccccc2)CC1. The first-order valence-corrected chi connectivity index (χ1v) is 9.32. The summed E-state index contributed by atoms with van der Waals surface area (Å²) in [4.78, 5) is 40.1. The topological polar surface area (TPSA) is 81.8 Å². The predicted molar refractivity (Wildman–Crippen MR) is 102 cm³/mol. The van der Waals surface area contributed by atoms with E-state index in [9.17, 15) is 14.4 Å². The minimum atomic E-state index is -0.322. The summed E-state index contributed by atoms with van der Waals surface area (Å²) in [6, 6.07) is 9.43. The number of benzene rings is 1. The maximum Gasteiger partial charge on any atom is 0.319 e. The van der Waals surface area contributed by atoms with E-state index in [4.69, 9.17) is 0 Å². The second-order valence-electron chi connectivity index (χ2n) is 7.01. The third kappa shape index (κ3) is 4.48. The van der Waals surface area contributed by atoms with Crippen LogP contribution in [0.5, 0.6) is 0 Å². The number of nitrogens with zero attached hydrogens (tertiary/aromatic N) is 2. The van der Waals surface area contributed by atoms with Crippen LogP contribution in [0.25, 0.3) is 0 Å². The van der Waals surface area contributed by atoms with Gasteiger partial charge in [-0.2, -0.15) is 0 Å². The molecule has 7 nitrogen and oxygen atoms in total. The largest absolute Gasteiger partial charge is 0.339 e. The highest BCUT2D eigenvalue weighted by Gasteiger charge is 2.33. The average Bonchev–Trinajstić information content (AvgIpc) is 2.66. The lowest BCUT2D eigenvalue weighted by molar-refractivity contribution is -0.136. The molecule has 7 heteroatoms. The quantitative estimate of drug-likeness (QED) is 0.837. The second kappa shape index (κ2) is 8.24. The van der Waals surface area contributed by atoms with Gasteiger partial charge < -0.3 is 20.4 Å². The van der Waals surface area contributed by atoms with E-state index in [0.29, 0.717) is 43.9 Å². The van der Waals surface area contributed by atoms with Crippen molar-refractivity contribution in [2.24, 2.45) is 0 Å². The van der Waals surface area contributed by atoms with Gasteiger partial charge in [0.05, 0.1) is 11.6 Å². The van der Waals surface area contributed by atoms with Gasteiger partial charge in [0.25, 0.3) is 5.91 Å². The Bertz CT molecular complexity index is 752. The van der Waals surface area contributed by atoms with Crippen LogP contribution in [0.1, 0.15) is 25.8 Å². The molecule has 144 valence electrons. The Hall–Kier alpha value is -2.83. The van der Waals surface area contributed by atoms with Crippen molar-refractivity contribution in [3.8, 4) is 0 Å². The van der Waals surface area contributed by atoms with Crippen LogP contribution in [-0.2, 0) is 16.0 Å². The van der Waals surface area contributed by atoms with Crippen LogP contribution in [0.4, 0.5) is 4.79 Å². The van der Waals surface area contributed by atoms with E-state index in [1.165, 1.54) is 5.56 Å². The second-order valence-corrected chi connectivity index (χ2v) is 7.01. The number of piperazine rings is 1. The van der Waals surface area contributed by atoms with Crippen molar-refractivity contribution < 1.29 is 14.4 Å². The number of rotatable bonds is 4. The molecule has 2 heterocycles. The molecule has 0 spiro atoms. The molecule has 1 aromatic rings. The summed E-state index contributed by atoms with van der Waals surface area (Å²) in [5, 5.41) is 5.62. The Kier molecular flexibility index (Phi) is 5.78. The minimum Gasteiger partial charge on any atom is -0.339 e. The molecule has 2 N–H and O–H groups in total. The van der Waals surface area contributed by atoms with Crippen LogP contribution >= 0.6 is 0 Å². The van der Waals surface area contributed by atoms with E-state index in [-0.39, 0.29) is 23.9 Å². The highest BCUT2D eigenvalue weighted by atomic mass is 16.2. The van der Waals surface area contributed by atoms with Crippen molar-refractivity contribution in [2.45, 2.75) is 32.7 Å². The Balaban J connectivity index is 1.71. The highest BCUT2D eigenvalue weighted by Crippen LogP contribution is 2.20. The lowest BCUT2D eigenvalue weighted by Gasteiger charge is -2.37. The molecule has 3 rings (SSSR count). The summed E-state index contributed by atoms with van der Waals surface area (Å²) in [5.41, 5.74) is 2.39. The number of allylic oxidation sites excluding steroid dienone is 1. The van der Waals surface area contributed by atoms with E-state index in [0.717, 1.165) is 6.42 Å². The van der Waals surface area contributed by atoms with Crippen LogP contribution in [-0.4, -0.2) is 59.9 Å². The molecule has 27 heavy (non-hydrogen) atoms. The van der Waals surface area contributed by atoms with E-state index in [2.05, 4.69) is 10.6 Å². The van der Waals surface area contributed by atoms with Crippen LogP contribution in [0.2, 0.25) is 0 Å². The molecule has 1 aromatic carbocycles. The summed E-state index contributed by atoms with van der Waals surface area (Å²) in [5.74, 6) is -0.0360. The van der Waals surface area contributed by atoms with Gasteiger partial charge in [0.1, 0.15) is 0 Å². The van der Waals surface area contributed by atoms with E-state index in [1.807, 2.05) is 30.3 Å². The normalized spacial score (nSPS) is 20.2. The maximum absolute atomic E-state index is 13.1. The van der Waals surface area contributed by atoms with Crippen LogP contribution in [0, 0.1) is 0 Å². The van der Waals surface area contributed by atoms with Gasteiger partial charge in [0.2, 0.25) is 5.91 Å². The van der Waals surface area contributed by atoms with Crippen LogP contribution in [0.3, 0.4) is 0 Å². The van der Waals surface area contributed by atoms with Gasteiger partial charge in [-0.1, -0.05) is 30.3 Å². The minimum absolute atomic E-state index is 0.0322. The fourth-order valence-corrected chi connectivity index (χ4v) is 3.64. The first kappa shape index (κ1) is 18.9. The van der Waals surface area contributed by atoms with Crippen LogP contribution < -0.4 is 10.6 Å². The summed E-state index contributed by atoms with van der Waals surface area (Å²) in [6.07, 6.45) is 1.43. The number of nitrogens with one attached hydrogen (secondary N) is 2. The standard InChI is InChI=1S/C20H26N4O3/c1-14-18(19(26)24-12-10-23(11-13-24)15(2)25)17(22-20(27)21-14)9-8-16-6-4-3-5-7-16/h3-7,17H,8-13H2,1-2H3,(H2,21,22,27)/t17-/m0/s1. The zero-order valence-corrected chi connectivity index (χ0v) is 15.8. The molecule has 1 atom stereocenters. The Morgan fingerprint density at radius 1 is 1.07 bits per heavy atom. The molecule has 2 aliphatic heterocycles. The third-order valence-electron chi connectivity index (χ3n) is 5.17. The zero-order valence-electron chi connectivity index (χ0n) is 15.8. The van der Waals surface area contributed by atoms with Crippen molar-refractivity contribution >= 4 is 17.8 Å². The van der Waals surface area contributed by atoms with Gasteiger partial charge in [-0.3, -0.25) is 9.59 Å². The van der Waals surface area contributed by atoms with Crippen molar-refractivity contribution in [3.05, 3.63) is 47.2 Å². The fraction of sp³-hybridized carbons (Fsp3) is 0.450. The monoisotopic (exact) mass is 370 g/mol. The Labute approximate surface area is 159 Å². The molecule has 0 aromatic heterocycles. The van der Waals surface area contributed by atoms with Crippen LogP contribution in [0.15, 0.2) is 41.6 Å². The first-order chi connectivity index (χ1) is 13.0. The van der Waals surface area contributed by atoms with Crippen molar-refractivity contribution in [1.82, 2.24) is 20.4 Å². The van der Waals surface area contributed by atoms with Gasteiger partial charge in [-0.05, 0) is 25.3 Å². The summed E-state index contributed by atoms with van der Waals surface area (Å²) >= 11 is 0. The number of carbonyl (C=O) groups is 3. The molecule has 0 bridgehead atoms.